The van der Waals surface area contributed by atoms with Crippen molar-refractivity contribution in [1.29, 1.82) is 5.26 Å². The first-order valence-corrected chi connectivity index (χ1v) is 6.80. The first-order valence-electron chi connectivity index (χ1n) is 6.80. The maximum Gasteiger partial charge on any atom is 0.240 e. The number of carbonyl (C=O) groups is 1. The van der Waals surface area contributed by atoms with E-state index in [2.05, 4.69) is 6.58 Å². The number of rotatable bonds is 3. The molecule has 0 aromatic carbocycles. The molecule has 2 fully saturated rings. The molecule has 0 radical (unpaired) electrons. The molecule has 1 aliphatic heterocycles. The summed E-state index contributed by atoms with van der Waals surface area (Å²) in [7, 11) is 0. The fourth-order valence-corrected chi connectivity index (χ4v) is 3.28. The third kappa shape index (κ3) is 2.64. The third-order valence-electron chi connectivity index (χ3n) is 4.36. The topological polar surface area (TPSA) is 70.1 Å². The van der Waals surface area contributed by atoms with Crippen LogP contribution in [0.4, 0.5) is 4.39 Å². The highest BCUT2D eigenvalue weighted by molar-refractivity contribution is 5.83. The van der Waals surface area contributed by atoms with Gasteiger partial charge in [0.15, 0.2) is 0 Å². The van der Waals surface area contributed by atoms with E-state index < -0.39 is 18.3 Å². The van der Waals surface area contributed by atoms with Gasteiger partial charge in [0.25, 0.3) is 0 Å². The Morgan fingerprint density at radius 3 is 2.95 bits per heavy atom. The molecule has 0 bridgehead atoms. The van der Waals surface area contributed by atoms with Crippen LogP contribution in [0, 0.1) is 23.2 Å². The Morgan fingerprint density at radius 1 is 1.58 bits per heavy atom. The van der Waals surface area contributed by atoms with Crippen molar-refractivity contribution >= 4 is 5.91 Å². The molecule has 4 nitrogen and oxygen atoms in total. The number of nitrogens with two attached hydrogens (primary N) is 1. The quantitative estimate of drug-likeness (QED) is 0.784. The van der Waals surface area contributed by atoms with Crippen LogP contribution in [0.25, 0.3) is 0 Å². The Labute approximate surface area is 113 Å². The molecule has 5 atom stereocenters. The number of hydrogen-bond acceptors (Lipinski definition) is 3. The van der Waals surface area contributed by atoms with Crippen LogP contribution in [0.3, 0.4) is 0 Å². The van der Waals surface area contributed by atoms with Crippen LogP contribution in [0.1, 0.15) is 25.7 Å². The lowest BCUT2D eigenvalue weighted by molar-refractivity contribution is -0.134. The molecular weight excluding hydrogens is 245 g/mol. The van der Waals surface area contributed by atoms with Crippen LogP contribution in [0.5, 0.6) is 0 Å². The van der Waals surface area contributed by atoms with Crippen molar-refractivity contribution in [3.63, 3.8) is 0 Å². The van der Waals surface area contributed by atoms with E-state index in [9.17, 15) is 9.18 Å². The maximum absolute atomic E-state index is 13.4. The van der Waals surface area contributed by atoms with Crippen LogP contribution in [0.15, 0.2) is 12.7 Å². The molecule has 2 aliphatic rings. The van der Waals surface area contributed by atoms with E-state index in [0.29, 0.717) is 0 Å². The summed E-state index contributed by atoms with van der Waals surface area (Å²) < 4.78 is 13.4. The van der Waals surface area contributed by atoms with Crippen LogP contribution < -0.4 is 5.73 Å². The van der Waals surface area contributed by atoms with E-state index in [1.165, 1.54) is 4.90 Å². The number of carbonyl (C=O) groups excluding carboxylic acids is 1. The molecule has 1 saturated carbocycles. The fourth-order valence-electron chi connectivity index (χ4n) is 3.28. The minimum atomic E-state index is -1.11. The Bertz CT molecular complexity index is 406. The molecule has 1 heterocycles. The van der Waals surface area contributed by atoms with E-state index in [0.717, 1.165) is 19.3 Å². The molecular formula is C14H20FN3O. The van der Waals surface area contributed by atoms with Gasteiger partial charge in [0.05, 0.1) is 18.7 Å². The lowest BCUT2D eigenvalue weighted by Gasteiger charge is -2.28. The molecule has 2 N–H and O–H groups in total. The number of amides is 1. The van der Waals surface area contributed by atoms with Gasteiger partial charge < -0.3 is 10.6 Å². The Balaban J connectivity index is 2.07. The number of halogens is 1. The molecule has 0 aromatic rings. The first-order chi connectivity index (χ1) is 9.08. The van der Waals surface area contributed by atoms with Gasteiger partial charge in [-0.25, -0.2) is 4.39 Å². The van der Waals surface area contributed by atoms with Crippen LogP contribution >= 0.6 is 0 Å². The van der Waals surface area contributed by atoms with Crippen molar-refractivity contribution in [3.8, 4) is 6.07 Å². The van der Waals surface area contributed by atoms with Gasteiger partial charge in [-0.15, -0.1) is 6.58 Å². The van der Waals surface area contributed by atoms with Gasteiger partial charge in [0.1, 0.15) is 12.2 Å². The summed E-state index contributed by atoms with van der Waals surface area (Å²) in [5.74, 6) is 0.0386. The molecule has 2 rings (SSSR count). The van der Waals surface area contributed by atoms with Crippen molar-refractivity contribution in [2.75, 3.05) is 6.54 Å². The summed E-state index contributed by atoms with van der Waals surface area (Å²) in [6, 6.07) is 0.669. The molecule has 1 amide bonds. The summed E-state index contributed by atoms with van der Waals surface area (Å²) in [5.41, 5.74) is 6.06. The van der Waals surface area contributed by atoms with Gasteiger partial charge in [0, 0.05) is 6.42 Å². The number of allylic oxidation sites excluding steroid dienone is 1. The van der Waals surface area contributed by atoms with Crippen LogP contribution in [-0.2, 0) is 4.79 Å². The van der Waals surface area contributed by atoms with Crippen molar-refractivity contribution in [2.24, 2.45) is 17.6 Å². The standard InChI is InChI=1S/C14H20FN3O/c1-2-9-4-3-5-12(9)13(17)14(19)18-8-10(15)6-11(18)7-16/h2,9-13H,1,3-6,8,17H2/t9?,10-,11-,12?,13-/m0/s1. The van der Waals surface area contributed by atoms with Gasteiger partial charge in [0.2, 0.25) is 5.91 Å². The molecule has 104 valence electrons. The first kappa shape index (κ1) is 14.0. The molecule has 0 spiro atoms. The van der Waals surface area contributed by atoms with E-state index >= 15 is 0 Å². The normalized spacial score (nSPS) is 35.9. The van der Waals surface area contributed by atoms with Crippen molar-refractivity contribution in [3.05, 3.63) is 12.7 Å². The number of nitrogens with zero attached hydrogens (tertiary/aromatic N) is 2. The summed E-state index contributed by atoms with van der Waals surface area (Å²) in [6.07, 6.45) is 3.78. The van der Waals surface area contributed by atoms with E-state index in [1.807, 2.05) is 12.1 Å². The van der Waals surface area contributed by atoms with E-state index in [1.54, 1.807) is 0 Å². The smallest absolute Gasteiger partial charge is 0.240 e. The number of hydrogen-bond donors (Lipinski definition) is 1. The zero-order valence-corrected chi connectivity index (χ0v) is 11.0. The minimum absolute atomic E-state index is 0.00373. The highest BCUT2D eigenvalue weighted by atomic mass is 19.1. The average Bonchev–Trinajstić information content (AvgIpc) is 3.02. The predicted octanol–water partition coefficient (Wildman–Crippen LogP) is 1.38. The molecule has 19 heavy (non-hydrogen) atoms. The number of likely N-dealkylation sites (tertiary alicyclic amines) is 1. The molecule has 0 aromatic heterocycles. The Hall–Kier alpha value is -1.41. The molecule has 5 heteroatoms. The van der Waals surface area contributed by atoms with E-state index in [-0.39, 0.29) is 30.7 Å². The van der Waals surface area contributed by atoms with E-state index in [4.69, 9.17) is 11.0 Å². The second-order valence-electron chi connectivity index (χ2n) is 5.49. The third-order valence-corrected chi connectivity index (χ3v) is 4.36. The SMILES string of the molecule is C=CC1CCCC1[C@H](N)C(=O)N1C[C@@H](F)C[C@H]1C#N. The Kier molecular flexibility index (Phi) is 4.20. The van der Waals surface area contributed by atoms with Crippen molar-refractivity contribution in [2.45, 2.75) is 43.9 Å². The Morgan fingerprint density at radius 2 is 2.32 bits per heavy atom. The number of nitriles is 1. The highest BCUT2D eigenvalue weighted by Crippen LogP contribution is 2.35. The van der Waals surface area contributed by atoms with Gasteiger partial charge >= 0.3 is 0 Å². The van der Waals surface area contributed by atoms with Gasteiger partial charge in [-0.1, -0.05) is 12.5 Å². The lowest BCUT2D eigenvalue weighted by atomic mass is 9.88. The number of alkyl halides is 1. The predicted molar refractivity (Wildman–Crippen MR) is 69.6 cm³/mol. The lowest BCUT2D eigenvalue weighted by Crippen LogP contribution is -2.50. The van der Waals surface area contributed by atoms with Crippen LogP contribution in [0.2, 0.25) is 0 Å². The van der Waals surface area contributed by atoms with Crippen LogP contribution in [-0.4, -0.2) is 35.6 Å². The summed E-state index contributed by atoms with van der Waals surface area (Å²) >= 11 is 0. The fraction of sp³-hybridized carbons (Fsp3) is 0.714. The van der Waals surface area contributed by atoms with Gasteiger partial charge in [-0.2, -0.15) is 5.26 Å². The van der Waals surface area contributed by atoms with Crippen molar-refractivity contribution < 1.29 is 9.18 Å². The monoisotopic (exact) mass is 265 g/mol. The molecule has 1 saturated heterocycles. The average molecular weight is 265 g/mol. The maximum atomic E-state index is 13.4. The zero-order chi connectivity index (χ0) is 14.0. The largest absolute Gasteiger partial charge is 0.322 e. The highest BCUT2D eigenvalue weighted by Gasteiger charge is 2.41. The van der Waals surface area contributed by atoms with Gasteiger partial charge in [-0.05, 0) is 24.7 Å². The minimum Gasteiger partial charge on any atom is -0.322 e. The van der Waals surface area contributed by atoms with Crippen molar-refractivity contribution in [1.82, 2.24) is 4.90 Å². The summed E-state index contributed by atoms with van der Waals surface area (Å²) in [6.45, 7) is 3.78. The molecule has 1 aliphatic carbocycles. The van der Waals surface area contributed by atoms with Gasteiger partial charge in [-0.3, -0.25) is 4.79 Å². The summed E-state index contributed by atoms with van der Waals surface area (Å²) in [5, 5.41) is 8.98. The molecule has 2 unspecified atom stereocenters. The second kappa shape index (κ2) is 5.70. The summed E-state index contributed by atoms with van der Waals surface area (Å²) in [4.78, 5) is 13.7. The second-order valence-corrected chi connectivity index (χ2v) is 5.49. The zero-order valence-electron chi connectivity index (χ0n) is 11.0.